The number of nitrogens with two attached hydrogens (primary N) is 1. The standard InChI is InChI=1S/C10H13N/c1-2(11)10-7-4-3-5(7)9(10)6(3)8(4)10/h2-9H,11H2,1H3/t2-,3?,4?,5?,6?,7?,8?,9?,10?/m0/s1. The first-order chi connectivity index (χ1) is 5.31. The van der Waals surface area contributed by atoms with Crippen LogP contribution < -0.4 is 5.73 Å². The zero-order valence-corrected chi connectivity index (χ0v) is 6.70. The highest BCUT2D eigenvalue weighted by Gasteiger charge is 3.04. The molecule has 0 bridgehead atoms. The molecule has 6 rings (SSSR count). The molecule has 0 aromatic heterocycles. The lowest BCUT2D eigenvalue weighted by atomic mass is 8.96. The molecule has 0 aromatic rings. The van der Waals surface area contributed by atoms with E-state index in [1.807, 2.05) is 0 Å². The van der Waals surface area contributed by atoms with E-state index >= 15 is 0 Å². The molecule has 6 saturated carbocycles. The molecule has 1 atom stereocenters. The van der Waals surface area contributed by atoms with Crippen molar-refractivity contribution in [1.82, 2.24) is 0 Å². The Labute approximate surface area is 66.3 Å². The predicted octanol–water partition coefficient (Wildman–Crippen LogP) is 0.701. The van der Waals surface area contributed by atoms with E-state index < -0.39 is 0 Å². The van der Waals surface area contributed by atoms with E-state index in [1.165, 1.54) is 23.7 Å². The van der Waals surface area contributed by atoms with Crippen LogP contribution in [0.1, 0.15) is 6.92 Å². The van der Waals surface area contributed by atoms with E-state index in [1.54, 1.807) is 0 Å². The van der Waals surface area contributed by atoms with Gasteiger partial charge in [0.05, 0.1) is 0 Å². The van der Waals surface area contributed by atoms with Crippen molar-refractivity contribution >= 4 is 0 Å². The van der Waals surface area contributed by atoms with Gasteiger partial charge in [0.2, 0.25) is 0 Å². The Balaban J connectivity index is 1.73. The number of hydrogen-bond acceptors (Lipinski definition) is 1. The van der Waals surface area contributed by atoms with Crippen molar-refractivity contribution in [1.29, 1.82) is 0 Å². The second-order valence-electron chi connectivity index (χ2n) is 5.68. The summed E-state index contributed by atoms with van der Waals surface area (Å²) in [5.41, 5.74) is 6.83. The Morgan fingerprint density at radius 1 is 1.00 bits per heavy atom. The molecule has 0 radical (unpaired) electrons. The Bertz CT molecular complexity index is 242. The average Bonchev–Trinajstić information content (AvgIpc) is 2.05. The fraction of sp³-hybridized carbons (Fsp3) is 1.00. The summed E-state index contributed by atoms with van der Waals surface area (Å²) in [4.78, 5) is 0. The molecule has 0 aromatic carbocycles. The zero-order chi connectivity index (χ0) is 7.12. The van der Waals surface area contributed by atoms with Gasteiger partial charge in [0, 0.05) is 6.04 Å². The van der Waals surface area contributed by atoms with E-state index in [2.05, 4.69) is 6.92 Å². The Hall–Kier alpha value is -0.0400. The van der Waals surface area contributed by atoms with Gasteiger partial charge in [-0.1, -0.05) is 0 Å². The number of rotatable bonds is 1. The fourth-order valence-corrected chi connectivity index (χ4v) is 6.43. The molecule has 0 amide bonds. The summed E-state index contributed by atoms with van der Waals surface area (Å²) in [6, 6.07) is 0.521. The quantitative estimate of drug-likeness (QED) is 0.580. The minimum Gasteiger partial charge on any atom is -0.327 e. The van der Waals surface area contributed by atoms with Gasteiger partial charge in [-0.15, -0.1) is 0 Å². The van der Waals surface area contributed by atoms with Gasteiger partial charge < -0.3 is 5.73 Å². The molecule has 0 unspecified atom stereocenters. The normalized spacial score (nSPS) is 91.6. The van der Waals surface area contributed by atoms with Gasteiger partial charge in [-0.25, -0.2) is 0 Å². The van der Waals surface area contributed by atoms with Crippen LogP contribution in [0.15, 0.2) is 0 Å². The largest absolute Gasteiger partial charge is 0.327 e. The van der Waals surface area contributed by atoms with Crippen LogP contribution in [0.25, 0.3) is 0 Å². The molecule has 1 heteroatoms. The summed E-state index contributed by atoms with van der Waals surface area (Å²) in [6.45, 7) is 2.25. The van der Waals surface area contributed by atoms with Crippen molar-refractivity contribution < 1.29 is 0 Å². The molecule has 6 fully saturated rings. The third-order valence-electron chi connectivity index (χ3n) is 6.34. The van der Waals surface area contributed by atoms with Crippen molar-refractivity contribution in [3.05, 3.63) is 0 Å². The molecule has 1 nitrogen and oxygen atoms in total. The maximum Gasteiger partial charge on any atom is 0.00756 e. The SMILES string of the molecule is C[C@H](N)C12C3C4C5C3C1C5C42. The second-order valence-corrected chi connectivity index (χ2v) is 5.68. The lowest BCUT2D eigenvalue weighted by Crippen LogP contribution is -3.07. The van der Waals surface area contributed by atoms with Gasteiger partial charge >= 0.3 is 0 Å². The molecule has 6 aliphatic carbocycles. The summed E-state index contributed by atoms with van der Waals surface area (Å²) < 4.78 is 0. The maximum absolute atomic E-state index is 6.09. The van der Waals surface area contributed by atoms with E-state index in [-0.39, 0.29) is 0 Å². The van der Waals surface area contributed by atoms with Crippen LogP contribution in [0.4, 0.5) is 0 Å². The number of hydrogen-bond donors (Lipinski definition) is 1. The summed E-state index contributed by atoms with van der Waals surface area (Å²) in [7, 11) is 0. The van der Waals surface area contributed by atoms with E-state index in [0.717, 1.165) is 23.2 Å². The van der Waals surface area contributed by atoms with E-state index in [9.17, 15) is 0 Å². The first-order valence-corrected chi connectivity index (χ1v) is 5.07. The van der Waals surface area contributed by atoms with Crippen LogP contribution in [0, 0.1) is 46.8 Å². The van der Waals surface area contributed by atoms with Gasteiger partial charge in [0.15, 0.2) is 0 Å². The average molecular weight is 147 g/mol. The molecule has 0 spiro atoms. The molecule has 6 aliphatic rings. The van der Waals surface area contributed by atoms with E-state index in [0.29, 0.717) is 6.04 Å². The monoisotopic (exact) mass is 147 g/mol. The van der Waals surface area contributed by atoms with Crippen molar-refractivity contribution in [2.24, 2.45) is 52.6 Å². The minimum atomic E-state index is 0.521. The van der Waals surface area contributed by atoms with E-state index in [4.69, 9.17) is 5.73 Å². The second kappa shape index (κ2) is 0.891. The third-order valence-corrected chi connectivity index (χ3v) is 6.34. The van der Waals surface area contributed by atoms with Crippen LogP contribution in [0.2, 0.25) is 0 Å². The van der Waals surface area contributed by atoms with Crippen LogP contribution >= 0.6 is 0 Å². The van der Waals surface area contributed by atoms with Crippen LogP contribution in [-0.2, 0) is 0 Å². The van der Waals surface area contributed by atoms with Gasteiger partial charge in [0.1, 0.15) is 0 Å². The summed E-state index contributed by atoms with van der Waals surface area (Å²) in [5.74, 6) is 8.31. The van der Waals surface area contributed by atoms with Gasteiger partial charge in [-0.3, -0.25) is 0 Å². The molecular weight excluding hydrogens is 134 g/mol. The summed E-state index contributed by atoms with van der Waals surface area (Å²) in [5, 5.41) is 0. The fourth-order valence-electron chi connectivity index (χ4n) is 6.43. The Morgan fingerprint density at radius 3 is 1.73 bits per heavy atom. The van der Waals surface area contributed by atoms with Crippen molar-refractivity contribution in [2.75, 3.05) is 0 Å². The summed E-state index contributed by atoms with van der Waals surface area (Å²) in [6.07, 6.45) is 0. The first kappa shape index (κ1) is 4.86. The highest BCUT2D eigenvalue weighted by atomic mass is 15.1. The molecule has 11 heavy (non-hydrogen) atoms. The smallest absolute Gasteiger partial charge is 0.00756 e. The molecule has 0 heterocycles. The van der Waals surface area contributed by atoms with Crippen LogP contribution in [-0.4, -0.2) is 6.04 Å². The van der Waals surface area contributed by atoms with Crippen molar-refractivity contribution in [3.8, 4) is 0 Å². The van der Waals surface area contributed by atoms with Crippen LogP contribution in [0.3, 0.4) is 0 Å². The van der Waals surface area contributed by atoms with Crippen molar-refractivity contribution in [3.63, 3.8) is 0 Å². The highest BCUT2D eigenvalue weighted by Crippen LogP contribution is 3.06. The predicted molar refractivity (Wildman–Crippen MR) is 40.5 cm³/mol. The first-order valence-electron chi connectivity index (χ1n) is 5.07. The molecule has 0 aliphatic heterocycles. The third kappa shape index (κ3) is 0.176. The summed E-state index contributed by atoms with van der Waals surface area (Å²) >= 11 is 0. The van der Waals surface area contributed by atoms with Crippen LogP contribution in [0.5, 0.6) is 0 Å². The van der Waals surface area contributed by atoms with Gasteiger partial charge in [-0.05, 0) is 53.8 Å². The van der Waals surface area contributed by atoms with Gasteiger partial charge in [0.25, 0.3) is 0 Å². The Kier molecular flexibility index (Phi) is 0.393. The highest BCUT2D eigenvalue weighted by molar-refractivity contribution is 5.51. The molecule has 58 valence electrons. The van der Waals surface area contributed by atoms with Crippen molar-refractivity contribution in [2.45, 2.75) is 13.0 Å². The Morgan fingerprint density at radius 2 is 1.45 bits per heavy atom. The molecular formula is C10H13N. The lowest BCUT2D eigenvalue weighted by molar-refractivity contribution is -0.617. The maximum atomic E-state index is 6.09. The minimum absolute atomic E-state index is 0.521. The molecule has 2 N–H and O–H groups in total. The zero-order valence-electron chi connectivity index (χ0n) is 6.70. The van der Waals surface area contributed by atoms with Gasteiger partial charge in [-0.2, -0.15) is 0 Å². The molecule has 0 saturated heterocycles. The lowest BCUT2D eigenvalue weighted by Gasteiger charge is -3.08. The topological polar surface area (TPSA) is 26.0 Å².